The summed E-state index contributed by atoms with van der Waals surface area (Å²) in [7, 11) is 0. The molecular formula is C18H27N3. The van der Waals surface area contributed by atoms with E-state index in [-0.39, 0.29) is 0 Å². The Morgan fingerprint density at radius 3 is 1.57 bits per heavy atom. The Bertz CT molecular complexity index is 474. The SMILES string of the molecule is CCCN(CCC)c1ccc(N)cc1.Nc1ccccc1. The van der Waals surface area contributed by atoms with Gasteiger partial charge in [0.1, 0.15) is 0 Å². The second-order valence-corrected chi connectivity index (χ2v) is 4.99. The lowest BCUT2D eigenvalue weighted by Gasteiger charge is -2.23. The minimum atomic E-state index is 0.822. The van der Waals surface area contributed by atoms with Gasteiger partial charge in [-0.05, 0) is 49.2 Å². The number of nitrogens with zero attached hydrogens (tertiary/aromatic N) is 1. The van der Waals surface area contributed by atoms with Crippen LogP contribution in [0.3, 0.4) is 0 Å². The highest BCUT2D eigenvalue weighted by molar-refractivity contribution is 5.53. The largest absolute Gasteiger partial charge is 0.399 e. The fourth-order valence-corrected chi connectivity index (χ4v) is 2.05. The molecule has 0 saturated heterocycles. The summed E-state index contributed by atoms with van der Waals surface area (Å²) in [5.41, 5.74) is 14.0. The molecule has 0 spiro atoms. The number of anilines is 3. The zero-order valence-corrected chi connectivity index (χ0v) is 13.1. The average Bonchev–Trinajstić information content (AvgIpc) is 2.49. The van der Waals surface area contributed by atoms with Gasteiger partial charge in [-0.15, -0.1) is 0 Å². The molecule has 0 aliphatic rings. The summed E-state index contributed by atoms with van der Waals surface area (Å²) in [4.78, 5) is 2.40. The smallest absolute Gasteiger partial charge is 0.0367 e. The Balaban J connectivity index is 0.000000262. The maximum Gasteiger partial charge on any atom is 0.0367 e. The number of para-hydroxylation sites is 1. The third-order valence-electron chi connectivity index (χ3n) is 3.04. The quantitative estimate of drug-likeness (QED) is 0.811. The van der Waals surface area contributed by atoms with E-state index in [0.29, 0.717) is 0 Å². The van der Waals surface area contributed by atoms with Crippen molar-refractivity contribution in [3.05, 3.63) is 54.6 Å². The molecule has 0 unspecified atom stereocenters. The van der Waals surface area contributed by atoms with Gasteiger partial charge in [-0.2, -0.15) is 0 Å². The van der Waals surface area contributed by atoms with Crippen LogP contribution in [0.25, 0.3) is 0 Å². The third-order valence-corrected chi connectivity index (χ3v) is 3.04. The van der Waals surface area contributed by atoms with Gasteiger partial charge in [0.05, 0.1) is 0 Å². The van der Waals surface area contributed by atoms with Crippen LogP contribution >= 0.6 is 0 Å². The van der Waals surface area contributed by atoms with E-state index in [9.17, 15) is 0 Å². The molecule has 3 heteroatoms. The van der Waals surface area contributed by atoms with Gasteiger partial charge >= 0.3 is 0 Å². The van der Waals surface area contributed by atoms with Crippen molar-refractivity contribution in [3.8, 4) is 0 Å². The summed E-state index contributed by atoms with van der Waals surface area (Å²) in [6.45, 7) is 6.66. The molecular weight excluding hydrogens is 258 g/mol. The van der Waals surface area contributed by atoms with Gasteiger partial charge in [-0.25, -0.2) is 0 Å². The van der Waals surface area contributed by atoms with Crippen LogP contribution in [0.4, 0.5) is 17.1 Å². The number of hydrogen-bond acceptors (Lipinski definition) is 3. The van der Waals surface area contributed by atoms with Gasteiger partial charge in [-0.1, -0.05) is 32.0 Å². The molecule has 0 heterocycles. The molecule has 0 aliphatic heterocycles. The highest BCUT2D eigenvalue weighted by atomic mass is 15.1. The Hall–Kier alpha value is -2.16. The highest BCUT2D eigenvalue weighted by Gasteiger charge is 2.02. The third kappa shape index (κ3) is 6.70. The zero-order valence-electron chi connectivity index (χ0n) is 13.1. The Kier molecular flexibility index (Phi) is 7.80. The van der Waals surface area contributed by atoms with Crippen molar-refractivity contribution in [2.24, 2.45) is 0 Å². The predicted molar refractivity (Wildman–Crippen MR) is 94.5 cm³/mol. The minimum Gasteiger partial charge on any atom is -0.399 e. The van der Waals surface area contributed by atoms with Crippen LogP contribution in [0.1, 0.15) is 26.7 Å². The van der Waals surface area contributed by atoms with Crippen LogP contribution < -0.4 is 16.4 Å². The van der Waals surface area contributed by atoms with E-state index in [1.54, 1.807) is 0 Å². The van der Waals surface area contributed by atoms with Gasteiger partial charge in [0.25, 0.3) is 0 Å². The lowest BCUT2D eigenvalue weighted by molar-refractivity contribution is 0.745. The van der Waals surface area contributed by atoms with Crippen LogP contribution in [0.2, 0.25) is 0 Å². The van der Waals surface area contributed by atoms with E-state index in [1.165, 1.54) is 18.5 Å². The standard InChI is InChI=1S/C12H20N2.C6H7N/c1-3-9-14(10-4-2)12-7-5-11(13)6-8-12;7-6-4-2-1-3-5-6/h5-8H,3-4,9-10,13H2,1-2H3;1-5H,7H2. The van der Waals surface area contributed by atoms with Gasteiger partial charge in [-0.3, -0.25) is 0 Å². The van der Waals surface area contributed by atoms with Crippen LogP contribution in [0, 0.1) is 0 Å². The fourth-order valence-electron chi connectivity index (χ4n) is 2.05. The first kappa shape index (κ1) is 16.9. The summed E-state index contributed by atoms with van der Waals surface area (Å²) in [5, 5.41) is 0. The molecule has 0 fully saturated rings. The normalized spacial score (nSPS) is 9.62. The Labute approximate surface area is 128 Å². The topological polar surface area (TPSA) is 55.3 Å². The maximum atomic E-state index is 5.66. The molecule has 114 valence electrons. The molecule has 0 aromatic heterocycles. The number of nitrogens with two attached hydrogens (primary N) is 2. The van der Waals surface area contributed by atoms with Crippen molar-refractivity contribution in [3.63, 3.8) is 0 Å². The first-order valence-corrected chi connectivity index (χ1v) is 7.58. The molecule has 0 saturated carbocycles. The fraction of sp³-hybridized carbons (Fsp3) is 0.333. The van der Waals surface area contributed by atoms with Crippen LogP contribution in [0.5, 0.6) is 0 Å². The van der Waals surface area contributed by atoms with E-state index < -0.39 is 0 Å². The lowest BCUT2D eigenvalue weighted by atomic mass is 10.2. The van der Waals surface area contributed by atoms with Crippen molar-refractivity contribution in [1.29, 1.82) is 0 Å². The van der Waals surface area contributed by atoms with Crippen LogP contribution in [0.15, 0.2) is 54.6 Å². The molecule has 0 aliphatic carbocycles. The van der Waals surface area contributed by atoms with E-state index in [2.05, 4.69) is 30.9 Å². The average molecular weight is 285 g/mol. The van der Waals surface area contributed by atoms with Crippen LogP contribution in [-0.4, -0.2) is 13.1 Å². The van der Waals surface area contributed by atoms with Gasteiger partial charge in [0.2, 0.25) is 0 Å². The van der Waals surface area contributed by atoms with E-state index >= 15 is 0 Å². The van der Waals surface area contributed by atoms with Crippen molar-refractivity contribution < 1.29 is 0 Å². The summed E-state index contributed by atoms with van der Waals surface area (Å²) in [6.07, 6.45) is 2.37. The van der Waals surface area contributed by atoms with Crippen molar-refractivity contribution in [2.75, 3.05) is 29.5 Å². The monoisotopic (exact) mass is 285 g/mol. The maximum absolute atomic E-state index is 5.66. The molecule has 2 aromatic rings. The van der Waals surface area contributed by atoms with Gasteiger partial charge in [0.15, 0.2) is 0 Å². The molecule has 0 amide bonds. The van der Waals surface area contributed by atoms with E-state index in [4.69, 9.17) is 11.5 Å². The predicted octanol–water partition coefficient (Wildman–Crippen LogP) is 4.16. The van der Waals surface area contributed by atoms with Gasteiger partial charge < -0.3 is 16.4 Å². The molecule has 21 heavy (non-hydrogen) atoms. The first-order valence-electron chi connectivity index (χ1n) is 7.58. The van der Waals surface area contributed by atoms with Crippen molar-refractivity contribution >= 4 is 17.1 Å². The Morgan fingerprint density at radius 2 is 1.19 bits per heavy atom. The minimum absolute atomic E-state index is 0.822. The van der Waals surface area contributed by atoms with E-state index in [1.807, 2.05) is 42.5 Å². The molecule has 4 N–H and O–H groups in total. The summed E-state index contributed by atoms with van der Waals surface area (Å²) >= 11 is 0. The summed E-state index contributed by atoms with van der Waals surface area (Å²) in [5.74, 6) is 0. The molecule has 3 nitrogen and oxygen atoms in total. The highest BCUT2D eigenvalue weighted by Crippen LogP contribution is 2.16. The molecule has 0 bridgehead atoms. The van der Waals surface area contributed by atoms with E-state index in [0.717, 1.165) is 24.5 Å². The lowest BCUT2D eigenvalue weighted by Crippen LogP contribution is -2.24. The molecule has 0 radical (unpaired) electrons. The number of benzene rings is 2. The first-order chi connectivity index (χ1) is 10.2. The number of hydrogen-bond donors (Lipinski definition) is 2. The van der Waals surface area contributed by atoms with Crippen LogP contribution in [-0.2, 0) is 0 Å². The van der Waals surface area contributed by atoms with Gasteiger partial charge in [0, 0.05) is 30.2 Å². The summed E-state index contributed by atoms with van der Waals surface area (Å²) in [6, 6.07) is 17.6. The van der Waals surface area contributed by atoms with Crippen molar-refractivity contribution in [2.45, 2.75) is 26.7 Å². The molecule has 2 rings (SSSR count). The van der Waals surface area contributed by atoms with Crippen molar-refractivity contribution in [1.82, 2.24) is 0 Å². The number of nitrogen functional groups attached to an aromatic ring is 2. The molecule has 2 aromatic carbocycles. The second kappa shape index (κ2) is 9.70. The zero-order chi connectivity index (χ0) is 15.5. The number of rotatable bonds is 5. The Morgan fingerprint density at radius 1 is 0.714 bits per heavy atom. The molecule has 0 atom stereocenters. The summed E-state index contributed by atoms with van der Waals surface area (Å²) < 4.78 is 0. The second-order valence-electron chi connectivity index (χ2n) is 4.99.